The van der Waals surface area contributed by atoms with Crippen molar-refractivity contribution in [2.75, 3.05) is 20.2 Å². The number of likely N-dealkylation sites (tertiary alicyclic amines) is 1. The Labute approximate surface area is 215 Å². The molecule has 4 aromatic rings. The van der Waals surface area contributed by atoms with E-state index in [4.69, 9.17) is 4.74 Å². The number of ether oxygens (including phenoxy) is 1. The average molecular weight is 496 g/mol. The van der Waals surface area contributed by atoms with Crippen molar-refractivity contribution in [3.8, 4) is 0 Å². The number of pyridine rings is 1. The van der Waals surface area contributed by atoms with Crippen molar-refractivity contribution in [1.29, 1.82) is 0 Å². The minimum atomic E-state index is -0.279. The fourth-order valence-corrected chi connectivity index (χ4v) is 6.22. The molecule has 8 nitrogen and oxygen atoms in total. The molecule has 0 unspecified atom stereocenters. The quantitative estimate of drug-likeness (QED) is 0.441. The van der Waals surface area contributed by atoms with Gasteiger partial charge in [0.2, 0.25) is 5.91 Å². The van der Waals surface area contributed by atoms with Crippen LogP contribution in [0.2, 0.25) is 0 Å². The summed E-state index contributed by atoms with van der Waals surface area (Å²) >= 11 is 0. The third kappa shape index (κ3) is 3.97. The number of benzene rings is 2. The SMILES string of the molecule is CO[C@H]1[C@H](NC(=O)c2ccncc2)c2ccccc2C12CCN(C(=O)Cc1[nH]nc3ccccc13)CC2. The third-order valence-electron chi connectivity index (χ3n) is 8.04. The van der Waals surface area contributed by atoms with Gasteiger partial charge in [-0.3, -0.25) is 19.7 Å². The first-order chi connectivity index (χ1) is 18.1. The molecule has 2 N–H and O–H groups in total. The predicted molar refractivity (Wildman–Crippen MR) is 139 cm³/mol. The second-order valence-corrected chi connectivity index (χ2v) is 9.86. The van der Waals surface area contributed by atoms with Gasteiger partial charge in [0.15, 0.2) is 0 Å². The molecule has 2 aliphatic rings. The zero-order chi connectivity index (χ0) is 25.4. The van der Waals surface area contributed by atoms with Crippen molar-refractivity contribution in [2.45, 2.75) is 36.8 Å². The van der Waals surface area contributed by atoms with Gasteiger partial charge in [0.25, 0.3) is 5.91 Å². The number of para-hydroxylation sites is 1. The molecule has 2 aromatic carbocycles. The Hall–Kier alpha value is -4.04. The van der Waals surface area contributed by atoms with E-state index in [1.165, 1.54) is 5.56 Å². The Morgan fingerprint density at radius 1 is 1.05 bits per heavy atom. The highest BCUT2D eigenvalue weighted by Crippen LogP contribution is 2.52. The van der Waals surface area contributed by atoms with Gasteiger partial charge in [-0.2, -0.15) is 5.10 Å². The van der Waals surface area contributed by atoms with Crippen LogP contribution in [0.1, 0.15) is 46.1 Å². The maximum absolute atomic E-state index is 13.3. The molecule has 2 amide bonds. The van der Waals surface area contributed by atoms with Gasteiger partial charge in [0.05, 0.1) is 29.8 Å². The van der Waals surface area contributed by atoms with Crippen LogP contribution in [0.25, 0.3) is 10.9 Å². The zero-order valence-electron chi connectivity index (χ0n) is 20.7. The van der Waals surface area contributed by atoms with Crippen molar-refractivity contribution in [1.82, 2.24) is 25.4 Å². The summed E-state index contributed by atoms with van der Waals surface area (Å²) in [6.07, 6.45) is 4.82. The second-order valence-electron chi connectivity index (χ2n) is 9.86. The summed E-state index contributed by atoms with van der Waals surface area (Å²) in [5, 5.41) is 11.6. The Bertz CT molecular complexity index is 1440. The van der Waals surface area contributed by atoms with Gasteiger partial charge >= 0.3 is 0 Å². The van der Waals surface area contributed by atoms with Gasteiger partial charge < -0.3 is 15.0 Å². The van der Waals surface area contributed by atoms with E-state index in [0.29, 0.717) is 25.1 Å². The van der Waals surface area contributed by atoms with Crippen molar-refractivity contribution in [3.63, 3.8) is 0 Å². The molecule has 1 aliphatic heterocycles. The number of aromatic amines is 1. The normalized spacial score (nSPS) is 20.2. The van der Waals surface area contributed by atoms with E-state index in [0.717, 1.165) is 35.0 Å². The van der Waals surface area contributed by atoms with Gasteiger partial charge in [0.1, 0.15) is 0 Å². The molecular formula is C29H29N5O3. The number of carbonyl (C=O) groups excluding carboxylic acids is 2. The Morgan fingerprint density at radius 2 is 1.78 bits per heavy atom. The molecular weight excluding hydrogens is 466 g/mol. The first kappa shape index (κ1) is 23.4. The number of rotatable bonds is 5. The number of aromatic nitrogens is 3. The highest BCUT2D eigenvalue weighted by molar-refractivity contribution is 5.94. The highest BCUT2D eigenvalue weighted by Gasteiger charge is 2.54. The number of hydrogen-bond acceptors (Lipinski definition) is 5. The van der Waals surface area contributed by atoms with Crippen LogP contribution in [0.4, 0.5) is 0 Å². The zero-order valence-corrected chi connectivity index (χ0v) is 20.7. The average Bonchev–Trinajstić information content (AvgIpc) is 3.46. The van der Waals surface area contributed by atoms with E-state index in [9.17, 15) is 9.59 Å². The standard InChI is InChI=1S/C29H29N5O3/c1-37-27-26(31-28(36)19-10-14-30-15-11-19)20-6-2-4-8-22(20)29(27)12-16-34(17-13-29)25(35)18-24-21-7-3-5-9-23(21)32-33-24/h2-11,14-15,26-27H,12-13,16-18H2,1H3,(H,31,36)(H,32,33)/t26-,27+/m1/s1. The Morgan fingerprint density at radius 3 is 2.57 bits per heavy atom. The lowest BCUT2D eigenvalue weighted by Crippen LogP contribution is -2.52. The molecule has 6 rings (SSSR count). The van der Waals surface area contributed by atoms with E-state index in [1.807, 2.05) is 41.3 Å². The largest absolute Gasteiger partial charge is 0.378 e. The maximum atomic E-state index is 13.3. The van der Waals surface area contributed by atoms with Gasteiger partial charge in [0, 0.05) is 49.0 Å². The topological polar surface area (TPSA) is 100 Å². The molecule has 0 radical (unpaired) electrons. The van der Waals surface area contributed by atoms with Crippen LogP contribution in [-0.2, 0) is 21.4 Å². The van der Waals surface area contributed by atoms with Gasteiger partial charge in [-0.15, -0.1) is 0 Å². The molecule has 3 heterocycles. The lowest BCUT2D eigenvalue weighted by molar-refractivity contribution is -0.133. The first-order valence-corrected chi connectivity index (χ1v) is 12.6. The van der Waals surface area contributed by atoms with Crippen LogP contribution >= 0.6 is 0 Å². The Kier molecular flexibility index (Phi) is 5.96. The lowest BCUT2D eigenvalue weighted by Gasteiger charge is -2.44. The number of carbonyl (C=O) groups is 2. The number of piperidine rings is 1. The van der Waals surface area contributed by atoms with E-state index in [1.54, 1.807) is 31.6 Å². The fraction of sp³-hybridized carbons (Fsp3) is 0.310. The number of hydrogen-bond donors (Lipinski definition) is 2. The molecule has 1 fully saturated rings. The third-order valence-corrected chi connectivity index (χ3v) is 8.04. The smallest absolute Gasteiger partial charge is 0.251 e. The Balaban J connectivity index is 1.22. The van der Waals surface area contributed by atoms with Crippen molar-refractivity contribution in [2.24, 2.45) is 0 Å². The number of nitrogens with one attached hydrogen (secondary N) is 2. The summed E-state index contributed by atoms with van der Waals surface area (Å²) in [5.74, 6) is -0.0623. The lowest BCUT2D eigenvalue weighted by atomic mass is 9.71. The molecule has 2 aromatic heterocycles. The van der Waals surface area contributed by atoms with E-state index >= 15 is 0 Å². The van der Waals surface area contributed by atoms with Crippen LogP contribution in [0, 0.1) is 0 Å². The number of methoxy groups -OCH3 is 1. The summed E-state index contributed by atoms with van der Waals surface area (Å²) in [4.78, 5) is 32.3. The molecule has 1 saturated heterocycles. The molecule has 1 spiro atoms. The van der Waals surface area contributed by atoms with Crippen LogP contribution < -0.4 is 5.32 Å². The summed E-state index contributed by atoms with van der Waals surface area (Å²) in [6, 6.07) is 19.2. The van der Waals surface area contributed by atoms with Crippen molar-refractivity contribution < 1.29 is 14.3 Å². The molecule has 188 valence electrons. The minimum absolute atomic E-state index is 0.0899. The molecule has 37 heavy (non-hydrogen) atoms. The summed E-state index contributed by atoms with van der Waals surface area (Å²) < 4.78 is 6.12. The van der Waals surface area contributed by atoms with Crippen molar-refractivity contribution >= 4 is 22.7 Å². The second kappa shape index (κ2) is 9.44. The fourth-order valence-electron chi connectivity index (χ4n) is 6.22. The highest BCUT2D eigenvalue weighted by atomic mass is 16.5. The van der Waals surface area contributed by atoms with E-state index in [-0.39, 0.29) is 29.4 Å². The van der Waals surface area contributed by atoms with E-state index in [2.05, 4.69) is 32.6 Å². The van der Waals surface area contributed by atoms with E-state index < -0.39 is 0 Å². The predicted octanol–water partition coefficient (Wildman–Crippen LogP) is 3.56. The molecule has 0 saturated carbocycles. The molecule has 0 bridgehead atoms. The number of nitrogens with zero attached hydrogens (tertiary/aromatic N) is 3. The number of H-pyrrole nitrogens is 1. The molecule has 2 atom stereocenters. The van der Waals surface area contributed by atoms with Crippen LogP contribution in [0.5, 0.6) is 0 Å². The number of amides is 2. The van der Waals surface area contributed by atoms with Gasteiger partial charge in [-0.1, -0.05) is 42.5 Å². The van der Waals surface area contributed by atoms with Crippen LogP contribution in [0.15, 0.2) is 73.1 Å². The maximum Gasteiger partial charge on any atom is 0.251 e. The minimum Gasteiger partial charge on any atom is -0.378 e. The number of fused-ring (bicyclic) bond motifs is 3. The van der Waals surface area contributed by atoms with Crippen molar-refractivity contribution in [3.05, 3.63) is 95.4 Å². The van der Waals surface area contributed by atoms with Gasteiger partial charge in [-0.05, 0) is 42.2 Å². The summed E-state index contributed by atoms with van der Waals surface area (Å²) in [6.45, 7) is 1.26. The molecule has 1 aliphatic carbocycles. The summed E-state index contributed by atoms with van der Waals surface area (Å²) in [5.41, 5.74) is 4.29. The first-order valence-electron chi connectivity index (χ1n) is 12.6. The van der Waals surface area contributed by atoms with Crippen LogP contribution in [0.3, 0.4) is 0 Å². The summed E-state index contributed by atoms with van der Waals surface area (Å²) in [7, 11) is 1.71. The molecule has 8 heteroatoms. The van der Waals surface area contributed by atoms with Gasteiger partial charge in [-0.25, -0.2) is 0 Å². The monoisotopic (exact) mass is 495 g/mol. The van der Waals surface area contributed by atoms with Crippen LogP contribution in [-0.4, -0.2) is 58.2 Å².